The molecule has 5 heteroatoms. The Morgan fingerprint density at radius 3 is 3.00 bits per heavy atom. The second kappa shape index (κ2) is 5.13. The molecule has 19 heavy (non-hydrogen) atoms. The molecule has 1 fully saturated rings. The number of benzene rings is 1. The molecule has 0 aliphatic heterocycles. The van der Waals surface area contributed by atoms with Gasteiger partial charge in [0.25, 0.3) is 0 Å². The van der Waals surface area contributed by atoms with E-state index in [1.54, 1.807) is 23.9 Å². The first kappa shape index (κ1) is 12.9. The minimum Gasteiger partial charge on any atom is -0.323 e. The summed E-state index contributed by atoms with van der Waals surface area (Å²) < 4.78 is 15.6. The molecule has 1 atom stereocenters. The topological polar surface area (TPSA) is 43.8 Å². The third-order valence-electron chi connectivity index (χ3n) is 3.56. The number of fused-ring (bicyclic) bond motifs is 1. The van der Waals surface area contributed by atoms with Crippen LogP contribution in [0.4, 0.5) is 4.39 Å². The van der Waals surface area contributed by atoms with E-state index in [1.165, 1.54) is 6.07 Å². The number of nitrogens with two attached hydrogens (primary N) is 1. The molecule has 0 spiro atoms. The van der Waals surface area contributed by atoms with E-state index >= 15 is 0 Å². The molecule has 3 rings (SSSR count). The predicted octanol–water partition coefficient (Wildman–Crippen LogP) is 3.26. The maximum atomic E-state index is 13.4. The van der Waals surface area contributed by atoms with Crippen LogP contribution >= 0.6 is 11.8 Å². The highest BCUT2D eigenvalue weighted by molar-refractivity contribution is 7.98. The summed E-state index contributed by atoms with van der Waals surface area (Å²) in [6.07, 6.45) is 5.26. The largest absolute Gasteiger partial charge is 0.323 e. The van der Waals surface area contributed by atoms with Crippen LogP contribution in [-0.2, 0) is 0 Å². The highest BCUT2D eigenvalue weighted by atomic mass is 32.2. The lowest BCUT2D eigenvalue weighted by Crippen LogP contribution is -2.17. The maximum absolute atomic E-state index is 13.4. The summed E-state index contributed by atoms with van der Waals surface area (Å²) in [5.41, 5.74) is 8.00. The van der Waals surface area contributed by atoms with Gasteiger partial charge in [-0.05, 0) is 49.5 Å². The Morgan fingerprint density at radius 1 is 1.53 bits per heavy atom. The standard InChI is InChI=1S/C14H18FN3S/c1-19-7-6-11(16)14-17-12-5-2-9(15)8-13(12)18(14)10-3-4-10/h2,5,8,10-11H,3-4,6-7,16H2,1H3. The van der Waals surface area contributed by atoms with Crippen molar-refractivity contribution in [2.45, 2.75) is 31.3 Å². The normalized spacial score (nSPS) is 17.0. The van der Waals surface area contributed by atoms with Crippen LogP contribution in [0.15, 0.2) is 18.2 Å². The minimum absolute atomic E-state index is 0.0662. The summed E-state index contributed by atoms with van der Waals surface area (Å²) >= 11 is 1.79. The molecule has 1 unspecified atom stereocenters. The number of nitrogens with zero attached hydrogens (tertiary/aromatic N) is 2. The number of hydrogen-bond donors (Lipinski definition) is 1. The van der Waals surface area contributed by atoms with Crippen molar-refractivity contribution in [3.05, 3.63) is 29.8 Å². The van der Waals surface area contributed by atoms with Crippen LogP contribution in [0.5, 0.6) is 0 Å². The molecule has 0 bridgehead atoms. The minimum atomic E-state index is -0.210. The lowest BCUT2D eigenvalue weighted by Gasteiger charge is -2.13. The van der Waals surface area contributed by atoms with E-state index < -0.39 is 0 Å². The van der Waals surface area contributed by atoms with E-state index in [1.807, 2.05) is 0 Å². The van der Waals surface area contributed by atoms with Crippen molar-refractivity contribution in [2.75, 3.05) is 12.0 Å². The Balaban J connectivity index is 2.05. The molecular formula is C14H18FN3S. The lowest BCUT2D eigenvalue weighted by atomic mass is 10.2. The van der Waals surface area contributed by atoms with Gasteiger partial charge in [-0.25, -0.2) is 9.37 Å². The SMILES string of the molecule is CSCCC(N)c1nc2ccc(F)cc2n1C1CC1. The number of thioether (sulfide) groups is 1. The molecule has 1 aliphatic carbocycles. The first-order valence-electron chi connectivity index (χ1n) is 6.62. The Labute approximate surface area is 116 Å². The molecule has 2 N–H and O–H groups in total. The fourth-order valence-electron chi connectivity index (χ4n) is 2.44. The monoisotopic (exact) mass is 279 g/mol. The van der Waals surface area contributed by atoms with Crippen LogP contribution in [0.25, 0.3) is 11.0 Å². The van der Waals surface area contributed by atoms with Crippen molar-refractivity contribution >= 4 is 22.8 Å². The van der Waals surface area contributed by atoms with Gasteiger partial charge in [-0.1, -0.05) is 0 Å². The first-order valence-corrected chi connectivity index (χ1v) is 8.02. The summed E-state index contributed by atoms with van der Waals surface area (Å²) in [7, 11) is 0. The van der Waals surface area contributed by atoms with E-state index in [9.17, 15) is 4.39 Å². The van der Waals surface area contributed by atoms with Gasteiger partial charge in [0.05, 0.1) is 17.1 Å². The van der Waals surface area contributed by atoms with Gasteiger partial charge in [-0.2, -0.15) is 11.8 Å². The van der Waals surface area contributed by atoms with Crippen molar-refractivity contribution in [1.82, 2.24) is 9.55 Å². The van der Waals surface area contributed by atoms with Crippen LogP contribution in [0.1, 0.15) is 37.2 Å². The molecule has 1 heterocycles. The van der Waals surface area contributed by atoms with E-state index in [0.717, 1.165) is 41.9 Å². The molecule has 0 amide bonds. The molecule has 3 nitrogen and oxygen atoms in total. The van der Waals surface area contributed by atoms with E-state index in [2.05, 4.69) is 15.8 Å². The van der Waals surface area contributed by atoms with Crippen molar-refractivity contribution < 1.29 is 4.39 Å². The fraction of sp³-hybridized carbons (Fsp3) is 0.500. The zero-order valence-corrected chi connectivity index (χ0v) is 11.8. The van der Waals surface area contributed by atoms with Crippen molar-refractivity contribution in [1.29, 1.82) is 0 Å². The third kappa shape index (κ3) is 2.49. The van der Waals surface area contributed by atoms with Gasteiger partial charge in [0, 0.05) is 6.04 Å². The molecular weight excluding hydrogens is 261 g/mol. The zero-order valence-electron chi connectivity index (χ0n) is 11.0. The number of halogens is 1. The highest BCUT2D eigenvalue weighted by Crippen LogP contribution is 2.40. The molecule has 102 valence electrons. The Morgan fingerprint density at radius 2 is 2.32 bits per heavy atom. The first-order chi connectivity index (χ1) is 9.20. The van der Waals surface area contributed by atoms with Crippen molar-refractivity contribution in [3.8, 4) is 0 Å². The predicted molar refractivity (Wildman–Crippen MR) is 77.9 cm³/mol. The summed E-state index contributed by atoms with van der Waals surface area (Å²) in [5.74, 6) is 1.72. The van der Waals surface area contributed by atoms with Crippen LogP contribution in [0, 0.1) is 5.82 Å². The quantitative estimate of drug-likeness (QED) is 0.913. The lowest BCUT2D eigenvalue weighted by molar-refractivity contribution is 0.592. The van der Waals surface area contributed by atoms with Crippen LogP contribution in [0.3, 0.4) is 0 Å². The average Bonchev–Trinajstić information content (AvgIpc) is 3.17. The second-order valence-electron chi connectivity index (χ2n) is 5.09. The number of rotatable bonds is 5. The van der Waals surface area contributed by atoms with Crippen molar-refractivity contribution in [3.63, 3.8) is 0 Å². The molecule has 1 saturated carbocycles. The smallest absolute Gasteiger partial charge is 0.127 e. The Kier molecular flexibility index (Phi) is 3.50. The van der Waals surface area contributed by atoms with Crippen LogP contribution in [0.2, 0.25) is 0 Å². The molecule has 0 saturated heterocycles. The molecule has 1 aromatic carbocycles. The Bertz CT molecular complexity index is 592. The van der Waals surface area contributed by atoms with E-state index in [0.29, 0.717) is 6.04 Å². The molecule has 2 aromatic rings. The van der Waals surface area contributed by atoms with Crippen LogP contribution < -0.4 is 5.73 Å². The van der Waals surface area contributed by atoms with Gasteiger partial charge in [0.1, 0.15) is 11.6 Å². The number of hydrogen-bond acceptors (Lipinski definition) is 3. The maximum Gasteiger partial charge on any atom is 0.127 e. The van der Waals surface area contributed by atoms with Gasteiger partial charge >= 0.3 is 0 Å². The number of aromatic nitrogens is 2. The third-order valence-corrected chi connectivity index (χ3v) is 4.20. The van der Waals surface area contributed by atoms with E-state index in [4.69, 9.17) is 5.73 Å². The Hall–Kier alpha value is -1.07. The molecule has 1 aromatic heterocycles. The highest BCUT2D eigenvalue weighted by Gasteiger charge is 2.30. The van der Waals surface area contributed by atoms with Gasteiger partial charge in [0.2, 0.25) is 0 Å². The van der Waals surface area contributed by atoms with Crippen molar-refractivity contribution in [2.24, 2.45) is 5.73 Å². The molecule has 0 radical (unpaired) electrons. The summed E-state index contributed by atoms with van der Waals surface area (Å²) in [6.45, 7) is 0. The molecule has 1 aliphatic rings. The van der Waals surface area contributed by atoms with Crippen LogP contribution in [-0.4, -0.2) is 21.6 Å². The van der Waals surface area contributed by atoms with Gasteiger partial charge in [0.15, 0.2) is 0 Å². The van der Waals surface area contributed by atoms with Gasteiger partial charge in [-0.3, -0.25) is 0 Å². The fourth-order valence-corrected chi connectivity index (χ4v) is 2.93. The summed E-state index contributed by atoms with van der Waals surface area (Å²) in [4.78, 5) is 4.63. The van der Waals surface area contributed by atoms with Gasteiger partial charge < -0.3 is 10.3 Å². The summed E-state index contributed by atoms with van der Waals surface area (Å²) in [5, 5.41) is 0. The second-order valence-corrected chi connectivity index (χ2v) is 6.08. The summed E-state index contributed by atoms with van der Waals surface area (Å²) in [6, 6.07) is 5.18. The zero-order chi connectivity index (χ0) is 13.4. The van der Waals surface area contributed by atoms with Gasteiger partial charge in [-0.15, -0.1) is 0 Å². The van der Waals surface area contributed by atoms with E-state index in [-0.39, 0.29) is 11.9 Å². The number of imidazole rings is 1. The average molecular weight is 279 g/mol.